The van der Waals surface area contributed by atoms with Crippen LogP contribution in [0.4, 0.5) is 10.5 Å². The zero-order chi connectivity index (χ0) is 22.6. The summed E-state index contributed by atoms with van der Waals surface area (Å²) in [6.45, 7) is 4.22. The molecule has 0 bridgehead atoms. The molecule has 1 aliphatic rings. The Hall–Kier alpha value is -3.27. The van der Waals surface area contributed by atoms with Gasteiger partial charge in [-0.05, 0) is 65.8 Å². The third-order valence-electron chi connectivity index (χ3n) is 6.59. The van der Waals surface area contributed by atoms with Crippen LogP contribution in [0.25, 0.3) is 0 Å². The highest BCUT2D eigenvalue weighted by atomic mass is 16.6. The first-order valence-corrected chi connectivity index (χ1v) is 11.4. The van der Waals surface area contributed by atoms with Crippen LogP contribution in [0.1, 0.15) is 68.6 Å². The normalized spacial score (nSPS) is 14.7. The molecule has 2 N–H and O–H groups in total. The molecule has 32 heavy (non-hydrogen) atoms. The van der Waals surface area contributed by atoms with E-state index in [0.29, 0.717) is 17.4 Å². The second-order valence-corrected chi connectivity index (χ2v) is 9.14. The smallest absolute Gasteiger partial charge is 0.417 e. The van der Waals surface area contributed by atoms with Gasteiger partial charge in [-0.3, -0.25) is 5.32 Å². The van der Waals surface area contributed by atoms with Gasteiger partial charge in [0.05, 0.1) is 0 Å². The first-order valence-electron chi connectivity index (χ1n) is 11.4. The number of phenolic OH excluding ortho intramolecular Hbond substituents is 1. The van der Waals surface area contributed by atoms with Crippen LogP contribution in [-0.4, -0.2) is 11.2 Å². The molecule has 3 aromatic carbocycles. The van der Waals surface area contributed by atoms with Gasteiger partial charge in [-0.15, -0.1) is 0 Å². The Labute approximate surface area is 190 Å². The SMILES string of the molecule is CC(C)(c1ccc(NC(=O)Oc2ccccc2C2CCCCC2)cc1)c1cccc(O)c1. The highest BCUT2D eigenvalue weighted by Gasteiger charge is 2.24. The van der Waals surface area contributed by atoms with Crippen molar-refractivity contribution in [3.05, 3.63) is 89.5 Å². The van der Waals surface area contributed by atoms with Gasteiger partial charge in [-0.2, -0.15) is 0 Å². The number of para-hydroxylation sites is 1. The van der Waals surface area contributed by atoms with Gasteiger partial charge in [-0.1, -0.05) is 75.6 Å². The lowest BCUT2D eigenvalue weighted by Crippen LogP contribution is -2.20. The lowest BCUT2D eigenvalue weighted by Gasteiger charge is -2.26. The van der Waals surface area contributed by atoms with Crippen molar-refractivity contribution in [2.75, 3.05) is 5.32 Å². The molecule has 0 aromatic heterocycles. The van der Waals surface area contributed by atoms with Crippen molar-refractivity contribution in [3.63, 3.8) is 0 Å². The fraction of sp³-hybridized carbons (Fsp3) is 0.321. The van der Waals surface area contributed by atoms with E-state index < -0.39 is 6.09 Å². The van der Waals surface area contributed by atoms with E-state index >= 15 is 0 Å². The van der Waals surface area contributed by atoms with Crippen LogP contribution in [0.15, 0.2) is 72.8 Å². The molecule has 1 amide bonds. The van der Waals surface area contributed by atoms with Crippen molar-refractivity contribution in [1.29, 1.82) is 0 Å². The van der Waals surface area contributed by atoms with Gasteiger partial charge in [0.15, 0.2) is 0 Å². The van der Waals surface area contributed by atoms with E-state index in [1.54, 1.807) is 12.1 Å². The molecule has 0 unspecified atom stereocenters. The summed E-state index contributed by atoms with van der Waals surface area (Å²) in [4.78, 5) is 12.6. The number of aromatic hydroxyl groups is 1. The molecule has 0 heterocycles. The summed E-state index contributed by atoms with van der Waals surface area (Å²) in [5, 5.41) is 12.7. The predicted octanol–water partition coefficient (Wildman–Crippen LogP) is 7.38. The number of phenols is 1. The second kappa shape index (κ2) is 9.47. The molecule has 0 aliphatic heterocycles. The fourth-order valence-electron chi connectivity index (χ4n) is 4.60. The van der Waals surface area contributed by atoms with Crippen molar-refractivity contribution in [1.82, 2.24) is 0 Å². The van der Waals surface area contributed by atoms with Gasteiger partial charge in [0.1, 0.15) is 11.5 Å². The zero-order valence-electron chi connectivity index (χ0n) is 18.8. The molecule has 0 spiro atoms. The monoisotopic (exact) mass is 429 g/mol. The Morgan fingerprint density at radius 1 is 0.906 bits per heavy atom. The molecule has 1 aliphatic carbocycles. The van der Waals surface area contributed by atoms with Crippen LogP contribution < -0.4 is 10.1 Å². The quantitative estimate of drug-likeness (QED) is 0.445. The summed E-state index contributed by atoms with van der Waals surface area (Å²) < 4.78 is 5.70. The minimum absolute atomic E-state index is 0.255. The maximum absolute atomic E-state index is 12.6. The summed E-state index contributed by atoms with van der Waals surface area (Å²) in [5.41, 5.74) is 3.64. The summed E-state index contributed by atoms with van der Waals surface area (Å²) in [6.07, 6.45) is 5.58. The van der Waals surface area contributed by atoms with E-state index in [4.69, 9.17) is 4.74 Å². The third kappa shape index (κ3) is 4.96. The highest BCUT2D eigenvalue weighted by molar-refractivity contribution is 5.86. The minimum atomic E-state index is -0.478. The van der Waals surface area contributed by atoms with E-state index in [2.05, 4.69) is 25.2 Å². The van der Waals surface area contributed by atoms with E-state index in [1.807, 2.05) is 54.6 Å². The number of carbonyl (C=O) groups is 1. The summed E-state index contributed by atoms with van der Waals surface area (Å²) in [5.74, 6) is 1.37. The fourth-order valence-corrected chi connectivity index (χ4v) is 4.60. The van der Waals surface area contributed by atoms with Crippen LogP contribution >= 0.6 is 0 Å². The molecule has 3 aromatic rings. The maximum atomic E-state index is 12.6. The first kappa shape index (κ1) is 21.9. The van der Waals surface area contributed by atoms with Crippen molar-refractivity contribution in [2.45, 2.75) is 57.3 Å². The van der Waals surface area contributed by atoms with Crippen LogP contribution in [0.2, 0.25) is 0 Å². The Morgan fingerprint density at radius 2 is 1.62 bits per heavy atom. The number of benzene rings is 3. The van der Waals surface area contributed by atoms with Crippen molar-refractivity contribution in [2.24, 2.45) is 0 Å². The lowest BCUT2D eigenvalue weighted by atomic mass is 9.78. The van der Waals surface area contributed by atoms with Crippen molar-refractivity contribution >= 4 is 11.8 Å². The van der Waals surface area contributed by atoms with Crippen molar-refractivity contribution in [3.8, 4) is 11.5 Å². The van der Waals surface area contributed by atoms with Gasteiger partial charge in [0.25, 0.3) is 0 Å². The van der Waals surface area contributed by atoms with Gasteiger partial charge >= 0.3 is 6.09 Å². The topological polar surface area (TPSA) is 58.6 Å². The van der Waals surface area contributed by atoms with Gasteiger partial charge < -0.3 is 9.84 Å². The second-order valence-electron chi connectivity index (χ2n) is 9.14. The lowest BCUT2D eigenvalue weighted by molar-refractivity contribution is 0.214. The summed E-state index contributed by atoms with van der Waals surface area (Å²) in [7, 11) is 0. The Bertz CT molecular complexity index is 1070. The zero-order valence-corrected chi connectivity index (χ0v) is 18.8. The molecule has 4 heteroatoms. The van der Waals surface area contributed by atoms with Crippen LogP contribution in [0.5, 0.6) is 11.5 Å². The number of hydrogen-bond acceptors (Lipinski definition) is 3. The molecular weight excluding hydrogens is 398 g/mol. The van der Waals surface area contributed by atoms with Crippen LogP contribution in [-0.2, 0) is 5.41 Å². The van der Waals surface area contributed by atoms with E-state index in [-0.39, 0.29) is 11.2 Å². The number of rotatable bonds is 5. The largest absolute Gasteiger partial charge is 0.508 e. The molecule has 0 saturated heterocycles. The number of hydrogen-bond donors (Lipinski definition) is 2. The molecule has 0 radical (unpaired) electrons. The highest BCUT2D eigenvalue weighted by Crippen LogP contribution is 2.37. The molecule has 4 nitrogen and oxygen atoms in total. The molecule has 4 rings (SSSR count). The average Bonchev–Trinajstić information content (AvgIpc) is 2.80. The van der Waals surface area contributed by atoms with E-state index in [0.717, 1.165) is 29.5 Å². The Balaban J connectivity index is 1.44. The number of nitrogens with one attached hydrogen (secondary N) is 1. The van der Waals surface area contributed by atoms with Crippen molar-refractivity contribution < 1.29 is 14.6 Å². The molecule has 166 valence electrons. The first-order chi connectivity index (χ1) is 15.4. The predicted molar refractivity (Wildman–Crippen MR) is 129 cm³/mol. The number of ether oxygens (including phenoxy) is 1. The maximum Gasteiger partial charge on any atom is 0.417 e. The van der Waals surface area contributed by atoms with Crippen LogP contribution in [0.3, 0.4) is 0 Å². The van der Waals surface area contributed by atoms with Gasteiger partial charge in [-0.25, -0.2) is 4.79 Å². The third-order valence-corrected chi connectivity index (χ3v) is 6.59. The number of anilines is 1. The van der Waals surface area contributed by atoms with Crippen LogP contribution in [0, 0.1) is 0 Å². The average molecular weight is 430 g/mol. The Morgan fingerprint density at radius 3 is 2.34 bits per heavy atom. The van der Waals surface area contributed by atoms with E-state index in [1.165, 1.54) is 19.3 Å². The van der Waals surface area contributed by atoms with Gasteiger partial charge in [0.2, 0.25) is 0 Å². The number of amides is 1. The summed E-state index contributed by atoms with van der Waals surface area (Å²) >= 11 is 0. The Kier molecular flexibility index (Phi) is 6.50. The number of carbonyl (C=O) groups excluding carboxylic acids is 1. The standard InChI is InChI=1S/C28H31NO3/c1-28(2,22-11-8-12-24(30)19-22)21-15-17-23(18-16-21)29-27(31)32-26-14-7-6-13-25(26)20-9-4-3-5-10-20/h6-8,11-20,30H,3-5,9-10H2,1-2H3,(H,29,31). The van der Waals surface area contributed by atoms with Gasteiger partial charge in [0, 0.05) is 11.1 Å². The molecule has 0 atom stereocenters. The molecular formula is C28H31NO3. The summed E-state index contributed by atoms with van der Waals surface area (Å²) in [6, 6.07) is 23.0. The molecule has 1 fully saturated rings. The molecule has 1 saturated carbocycles. The van der Waals surface area contributed by atoms with E-state index in [9.17, 15) is 9.90 Å². The minimum Gasteiger partial charge on any atom is -0.508 e.